The topological polar surface area (TPSA) is 59.5 Å². The van der Waals surface area contributed by atoms with Gasteiger partial charge in [0.05, 0.1) is 6.26 Å². The zero-order chi connectivity index (χ0) is 19.0. The molecule has 1 N–H and O–H groups in total. The molecule has 0 atom stereocenters. The minimum absolute atomic E-state index is 0.0448. The second-order valence-corrected chi connectivity index (χ2v) is 7.50. The second-order valence-electron chi connectivity index (χ2n) is 7.50. The third kappa shape index (κ3) is 3.24. The lowest BCUT2D eigenvalue weighted by atomic mass is 9.87. The van der Waals surface area contributed by atoms with Gasteiger partial charge >= 0.3 is 0 Å². The molecule has 0 aliphatic rings. The largest absolute Gasteiger partial charge is 0.463 e. The van der Waals surface area contributed by atoms with Crippen molar-refractivity contribution in [2.24, 2.45) is 0 Å². The highest BCUT2D eigenvalue weighted by Gasteiger charge is 2.19. The highest BCUT2D eigenvalue weighted by atomic mass is 16.3. The van der Waals surface area contributed by atoms with Crippen molar-refractivity contribution < 1.29 is 9.21 Å². The average molecular weight is 359 g/mol. The van der Waals surface area contributed by atoms with Crippen molar-refractivity contribution in [3.8, 4) is 11.5 Å². The summed E-state index contributed by atoms with van der Waals surface area (Å²) in [6.45, 7) is 6.45. The first kappa shape index (κ1) is 17.1. The van der Waals surface area contributed by atoms with E-state index in [4.69, 9.17) is 4.42 Å². The van der Waals surface area contributed by atoms with Crippen molar-refractivity contribution in [2.45, 2.75) is 26.2 Å². The van der Waals surface area contributed by atoms with Crippen LogP contribution in [0.1, 0.15) is 36.7 Å². The summed E-state index contributed by atoms with van der Waals surface area (Å²) in [7, 11) is 0. The van der Waals surface area contributed by atoms with E-state index in [-0.39, 0.29) is 11.3 Å². The molecule has 3 aromatic heterocycles. The highest BCUT2D eigenvalue weighted by Crippen LogP contribution is 2.29. The molecule has 4 aromatic rings. The van der Waals surface area contributed by atoms with E-state index in [1.165, 1.54) is 5.56 Å². The maximum absolute atomic E-state index is 12.9. The predicted molar refractivity (Wildman–Crippen MR) is 106 cm³/mol. The van der Waals surface area contributed by atoms with Gasteiger partial charge in [0.1, 0.15) is 17.2 Å². The maximum Gasteiger partial charge on any atom is 0.256 e. The zero-order valence-corrected chi connectivity index (χ0v) is 15.6. The van der Waals surface area contributed by atoms with Crippen molar-refractivity contribution in [2.75, 3.05) is 5.32 Å². The molecule has 5 heteroatoms. The summed E-state index contributed by atoms with van der Waals surface area (Å²) in [5.41, 5.74) is 3.17. The van der Waals surface area contributed by atoms with E-state index >= 15 is 0 Å². The van der Waals surface area contributed by atoms with Crippen LogP contribution in [0, 0.1) is 0 Å². The number of furan rings is 1. The standard InChI is InChI=1S/C22H21N3O2/c1-22(2,3)16-11-9-15(10-12-16)21(26)24-20-19(17-7-6-14-27-17)23-18-8-4-5-13-25(18)20/h4-14H,1-3H3,(H,24,26). The Bertz CT molecular complexity index is 1090. The van der Waals surface area contributed by atoms with Gasteiger partial charge in [0, 0.05) is 11.8 Å². The number of nitrogens with one attached hydrogen (secondary N) is 1. The van der Waals surface area contributed by atoms with Gasteiger partial charge in [-0.15, -0.1) is 0 Å². The molecule has 0 saturated heterocycles. The Morgan fingerprint density at radius 3 is 2.48 bits per heavy atom. The minimum atomic E-state index is -0.186. The Morgan fingerprint density at radius 2 is 1.81 bits per heavy atom. The second kappa shape index (κ2) is 6.43. The molecule has 4 rings (SSSR count). The molecule has 5 nitrogen and oxygen atoms in total. The normalized spacial score (nSPS) is 11.7. The summed E-state index contributed by atoms with van der Waals surface area (Å²) in [5, 5.41) is 3.00. The van der Waals surface area contributed by atoms with Crippen molar-refractivity contribution >= 4 is 17.4 Å². The molecule has 1 aromatic carbocycles. The number of amides is 1. The highest BCUT2D eigenvalue weighted by molar-refractivity contribution is 6.05. The molecule has 0 bridgehead atoms. The lowest BCUT2D eigenvalue weighted by Crippen LogP contribution is -2.15. The molecule has 0 aliphatic heterocycles. The number of imidazole rings is 1. The number of carbonyl (C=O) groups excluding carboxylic acids is 1. The van der Waals surface area contributed by atoms with E-state index in [1.54, 1.807) is 12.3 Å². The fourth-order valence-corrected chi connectivity index (χ4v) is 3.00. The molecule has 0 spiro atoms. The van der Waals surface area contributed by atoms with Gasteiger partial charge in [-0.1, -0.05) is 39.0 Å². The van der Waals surface area contributed by atoms with Gasteiger partial charge in [-0.3, -0.25) is 9.20 Å². The minimum Gasteiger partial charge on any atom is -0.463 e. The lowest BCUT2D eigenvalue weighted by Gasteiger charge is -2.19. The van der Waals surface area contributed by atoms with Crippen LogP contribution in [-0.2, 0) is 5.41 Å². The molecule has 0 unspecified atom stereocenters. The Labute approximate surface area is 157 Å². The molecule has 27 heavy (non-hydrogen) atoms. The molecule has 0 saturated carbocycles. The predicted octanol–water partition coefficient (Wildman–Crippen LogP) is 5.14. The summed E-state index contributed by atoms with van der Waals surface area (Å²) < 4.78 is 7.35. The fourth-order valence-electron chi connectivity index (χ4n) is 3.00. The van der Waals surface area contributed by atoms with Gasteiger partial charge in [0.2, 0.25) is 0 Å². The van der Waals surface area contributed by atoms with Crippen LogP contribution in [0.3, 0.4) is 0 Å². The van der Waals surface area contributed by atoms with Gasteiger partial charge in [-0.2, -0.15) is 0 Å². The van der Waals surface area contributed by atoms with E-state index in [0.717, 1.165) is 5.65 Å². The number of pyridine rings is 1. The van der Waals surface area contributed by atoms with Gasteiger partial charge in [-0.25, -0.2) is 4.98 Å². The summed E-state index contributed by atoms with van der Waals surface area (Å²) >= 11 is 0. The van der Waals surface area contributed by atoms with E-state index in [1.807, 2.05) is 59.1 Å². The summed E-state index contributed by atoms with van der Waals surface area (Å²) in [5.74, 6) is 1.01. The van der Waals surface area contributed by atoms with Gasteiger partial charge in [0.15, 0.2) is 5.76 Å². The zero-order valence-electron chi connectivity index (χ0n) is 15.6. The Morgan fingerprint density at radius 1 is 1.04 bits per heavy atom. The quantitative estimate of drug-likeness (QED) is 0.551. The van der Waals surface area contributed by atoms with Gasteiger partial charge in [-0.05, 0) is 47.4 Å². The van der Waals surface area contributed by atoms with Crippen molar-refractivity contribution in [3.05, 3.63) is 78.2 Å². The van der Waals surface area contributed by atoms with Crippen molar-refractivity contribution in [1.29, 1.82) is 0 Å². The molecule has 0 radical (unpaired) electrons. The first-order valence-electron chi connectivity index (χ1n) is 8.86. The number of hydrogen-bond donors (Lipinski definition) is 1. The van der Waals surface area contributed by atoms with Crippen LogP contribution < -0.4 is 5.32 Å². The van der Waals surface area contributed by atoms with Crippen LogP contribution >= 0.6 is 0 Å². The Balaban J connectivity index is 1.71. The van der Waals surface area contributed by atoms with E-state index in [9.17, 15) is 4.79 Å². The Hall–Kier alpha value is -3.34. The number of fused-ring (bicyclic) bond motifs is 1. The smallest absolute Gasteiger partial charge is 0.256 e. The van der Waals surface area contributed by atoms with Crippen LogP contribution in [0.15, 0.2) is 71.5 Å². The number of aromatic nitrogens is 2. The van der Waals surface area contributed by atoms with E-state index < -0.39 is 0 Å². The summed E-state index contributed by atoms with van der Waals surface area (Å²) in [6.07, 6.45) is 3.46. The third-order valence-electron chi connectivity index (χ3n) is 4.53. The lowest BCUT2D eigenvalue weighted by molar-refractivity contribution is 0.102. The molecule has 0 aliphatic carbocycles. The van der Waals surface area contributed by atoms with Crippen LogP contribution in [0.4, 0.5) is 5.82 Å². The van der Waals surface area contributed by atoms with Crippen molar-refractivity contribution in [3.63, 3.8) is 0 Å². The van der Waals surface area contributed by atoms with Crippen LogP contribution in [-0.4, -0.2) is 15.3 Å². The number of rotatable bonds is 3. The van der Waals surface area contributed by atoms with Crippen molar-refractivity contribution in [1.82, 2.24) is 9.38 Å². The molecular formula is C22H21N3O2. The average Bonchev–Trinajstić information content (AvgIpc) is 3.29. The van der Waals surface area contributed by atoms with E-state index in [0.29, 0.717) is 22.8 Å². The molecule has 0 fully saturated rings. The molecule has 136 valence electrons. The number of anilines is 1. The number of hydrogen-bond acceptors (Lipinski definition) is 3. The Kier molecular flexibility index (Phi) is 4.07. The molecule has 1 amide bonds. The SMILES string of the molecule is CC(C)(C)c1ccc(C(=O)Nc2c(-c3ccco3)nc3ccccn23)cc1. The summed E-state index contributed by atoms with van der Waals surface area (Å²) in [4.78, 5) is 17.5. The number of nitrogens with zero attached hydrogens (tertiary/aromatic N) is 2. The summed E-state index contributed by atoms with van der Waals surface area (Å²) in [6, 6.07) is 17.0. The van der Waals surface area contributed by atoms with Crippen LogP contribution in [0.2, 0.25) is 0 Å². The van der Waals surface area contributed by atoms with E-state index in [2.05, 4.69) is 31.1 Å². The number of carbonyl (C=O) groups is 1. The third-order valence-corrected chi connectivity index (χ3v) is 4.53. The molecule has 3 heterocycles. The van der Waals surface area contributed by atoms with Crippen LogP contribution in [0.5, 0.6) is 0 Å². The molecular weight excluding hydrogens is 338 g/mol. The van der Waals surface area contributed by atoms with Crippen LogP contribution in [0.25, 0.3) is 17.1 Å². The first-order chi connectivity index (χ1) is 12.9. The maximum atomic E-state index is 12.9. The fraction of sp³-hybridized carbons (Fsp3) is 0.182. The monoisotopic (exact) mass is 359 g/mol. The van der Waals surface area contributed by atoms with Gasteiger partial charge < -0.3 is 9.73 Å². The van der Waals surface area contributed by atoms with Gasteiger partial charge in [0.25, 0.3) is 5.91 Å². The first-order valence-corrected chi connectivity index (χ1v) is 8.86. The number of benzene rings is 1.